The molecule has 0 fully saturated rings. The van der Waals surface area contributed by atoms with Gasteiger partial charge in [-0.3, -0.25) is 4.79 Å². The van der Waals surface area contributed by atoms with Crippen molar-refractivity contribution < 1.29 is 14.3 Å². The van der Waals surface area contributed by atoms with Gasteiger partial charge in [0.05, 0.1) is 7.11 Å². The van der Waals surface area contributed by atoms with E-state index in [4.69, 9.17) is 20.9 Å². The Morgan fingerprint density at radius 1 is 1.41 bits per heavy atom. The molecule has 5 nitrogen and oxygen atoms in total. The molecule has 0 spiro atoms. The fourth-order valence-corrected chi connectivity index (χ4v) is 1.31. The first-order chi connectivity index (χ1) is 8.08. The zero-order chi connectivity index (χ0) is 12.8. The number of ether oxygens (including phenoxy) is 2. The summed E-state index contributed by atoms with van der Waals surface area (Å²) in [5.41, 5.74) is 11.7. The summed E-state index contributed by atoms with van der Waals surface area (Å²) in [5.74, 6) is 0.594. The lowest BCUT2D eigenvalue weighted by Gasteiger charge is -2.13. The minimum atomic E-state index is -0.814. The van der Waals surface area contributed by atoms with Crippen LogP contribution in [0, 0.1) is 0 Å². The Bertz CT molecular complexity index is 393. The minimum absolute atomic E-state index is 0.0389. The lowest BCUT2D eigenvalue weighted by Crippen LogP contribution is -2.41. The summed E-state index contributed by atoms with van der Waals surface area (Å²) in [5, 5.41) is 0. The fraction of sp³-hybridized carbons (Fsp3) is 0.417. The van der Waals surface area contributed by atoms with Crippen molar-refractivity contribution in [3.63, 3.8) is 0 Å². The third kappa shape index (κ3) is 3.64. The summed E-state index contributed by atoms with van der Waals surface area (Å²) in [6, 6.07) is 4.81. The first-order valence-electron chi connectivity index (χ1n) is 5.43. The van der Waals surface area contributed by atoms with Crippen molar-refractivity contribution in [2.75, 3.05) is 13.7 Å². The predicted molar refractivity (Wildman–Crippen MR) is 65.0 cm³/mol. The topological polar surface area (TPSA) is 87.6 Å². The molecule has 0 bridgehead atoms. The Hall–Kier alpha value is -1.75. The molecule has 0 aromatic heterocycles. The predicted octanol–water partition coefficient (Wildman–Crippen LogP) is 0.449. The minimum Gasteiger partial charge on any atom is -0.493 e. The van der Waals surface area contributed by atoms with E-state index < -0.39 is 11.9 Å². The summed E-state index contributed by atoms with van der Waals surface area (Å²) >= 11 is 0. The maximum absolute atomic E-state index is 10.8. The van der Waals surface area contributed by atoms with Crippen LogP contribution in [0.5, 0.6) is 11.5 Å². The summed E-state index contributed by atoms with van der Waals surface area (Å²) in [6.45, 7) is 2.09. The molecule has 0 saturated carbocycles. The lowest BCUT2D eigenvalue weighted by atomic mass is 10.1. The van der Waals surface area contributed by atoms with Gasteiger partial charge in [0.15, 0.2) is 11.5 Å². The first kappa shape index (κ1) is 13.3. The van der Waals surface area contributed by atoms with Crippen LogP contribution in [0.3, 0.4) is 0 Å². The molecule has 0 heterocycles. The van der Waals surface area contributed by atoms with Crippen LogP contribution in [0.25, 0.3) is 0 Å². The van der Waals surface area contributed by atoms with Gasteiger partial charge in [-0.05, 0) is 24.1 Å². The molecule has 0 saturated heterocycles. The van der Waals surface area contributed by atoms with Crippen LogP contribution < -0.4 is 20.9 Å². The molecule has 0 aliphatic carbocycles. The summed E-state index contributed by atoms with van der Waals surface area (Å²) in [4.78, 5) is 10.8. The number of hydrogen-bond donors (Lipinski definition) is 2. The second-order valence-corrected chi connectivity index (χ2v) is 3.66. The zero-order valence-corrected chi connectivity index (χ0v) is 10.1. The second-order valence-electron chi connectivity index (χ2n) is 3.66. The van der Waals surface area contributed by atoms with E-state index in [1.54, 1.807) is 13.2 Å². The van der Waals surface area contributed by atoms with Crippen LogP contribution in [0.1, 0.15) is 12.5 Å². The standard InChI is InChI=1S/C12H18N2O3/c1-3-8-4-5-10(11(6-8)16-2)17-7-9(13)12(14)15/h4-6,9H,3,7,13H2,1-2H3,(H2,14,15). The average molecular weight is 238 g/mol. The molecule has 0 radical (unpaired) electrons. The molecular formula is C12H18N2O3. The number of amides is 1. The molecule has 1 amide bonds. The van der Waals surface area contributed by atoms with Gasteiger partial charge in [0.1, 0.15) is 12.6 Å². The second kappa shape index (κ2) is 6.10. The van der Waals surface area contributed by atoms with E-state index in [0.717, 1.165) is 12.0 Å². The quantitative estimate of drug-likeness (QED) is 0.753. The van der Waals surface area contributed by atoms with Crippen molar-refractivity contribution in [3.05, 3.63) is 23.8 Å². The number of methoxy groups -OCH3 is 1. The highest BCUT2D eigenvalue weighted by atomic mass is 16.5. The van der Waals surface area contributed by atoms with Crippen molar-refractivity contribution in [2.24, 2.45) is 11.5 Å². The van der Waals surface area contributed by atoms with Gasteiger partial charge < -0.3 is 20.9 Å². The molecule has 1 unspecified atom stereocenters. The summed E-state index contributed by atoms with van der Waals surface area (Å²) in [7, 11) is 1.57. The SMILES string of the molecule is CCc1ccc(OCC(N)C(N)=O)c(OC)c1. The van der Waals surface area contributed by atoms with Crippen LogP contribution in [0.2, 0.25) is 0 Å². The number of rotatable bonds is 6. The van der Waals surface area contributed by atoms with E-state index in [0.29, 0.717) is 11.5 Å². The number of nitrogens with two attached hydrogens (primary N) is 2. The van der Waals surface area contributed by atoms with Crippen LogP contribution in [-0.2, 0) is 11.2 Å². The van der Waals surface area contributed by atoms with Crippen molar-refractivity contribution in [3.8, 4) is 11.5 Å². The monoisotopic (exact) mass is 238 g/mol. The van der Waals surface area contributed by atoms with Gasteiger partial charge in [-0.15, -0.1) is 0 Å². The Morgan fingerprint density at radius 2 is 2.12 bits per heavy atom. The molecular weight excluding hydrogens is 220 g/mol. The maximum Gasteiger partial charge on any atom is 0.237 e. The van der Waals surface area contributed by atoms with Gasteiger partial charge in [-0.1, -0.05) is 13.0 Å². The molecule has 5 heteroatoms. The molecule has 1 aromatic rings. The normalized spacial score (nSPS) is 11.9. The van der Waals surface area contributed by atoms with Gasteiger partial charge in [-0.25, -0.2) is 0 Å². The summed E-state index contributed by atoms with van der Waals surface area (Å²) < 4.78 is 10.6. The van der Waals surface area contributed by atoms with E-state index in [-0.39, 0.29) is 6.61 Å². The third-order valence-corrected chi connectivity index (χ3v) is 2.42. The molecule has 0 aliphatic rings. The van der Waals surface area contributed by atoms with Gasteiger partial charge in [0.2, 0.25) is 5.91 Å². The molecule has 1 rings (SSSR count). The van der Waals surface area contributed by atoms with E-state index in [1.807, 2.05) is 12.1 Å². The Morgan fingerprint density at radius 3 is 2.65 bits per heavy atom. The molecule has 1 aromatic carbocycles. The van der Waals surface area contributed by atoms with Gasteiger partial charge in [0, 0.05) is 0 Å². The largest absolute Gasteiger partial charge is 0.493 e. The fourth-order valence-electron chi connectivity index (χ4n) is 1.31. The van der Waals surface area contributed by atoms with E-state index in [1.165, 1.54) is 0 Å². The Labute approximate surface area is 101 Å². The van der Waals surface area contributed by atoms with Crippen LogP contribution in [-0.4, -0.2) is 25.7 Å². The van der Waals surface area contributed by atoms with E-state index in [9.17, 15) is 4.79 Å². The van der Waals surface area contributed by atoms with Crippen molar-refractivity contribution >= 4 is 5.91 Å². The highest BCUT2D eigenvalue weighted by Gasteiger charge is 2.12. The zero-order valence-electron chi connectivity index (χ0n) is 10.1. The van der Waals surface area contributed by atoms with Crippen molar-refractivity contribution in [1.29, 1.82) is 0 Å². The van der Waals surface area contributed by atoms with Gasteiger partial charge in [-0.2, -0.15) is 0 Å². The molecule has 94 valence electrons. The Kier molecular flexibility index (Phi) is 4.78. The van der Waals surface area contributed by atoms with Crippen LogP contribution in [0.15, 0.2) is 18.2 Å². The van der Waals surface area contributed by atoms with E-state index >= 15 is 0 Å². The third-order valence-electron chi connectivity index (χ3n) is 2.42. The van der Waals surface area contributed by atoms with Crippen molar-refractivity contribution in [2.45, 2.75) is 19.4 Å². The number of benzene rings is 1. The van der Waals surface area contributed by atoms with Gasteiger partial charge >= 0.3 is 0 Å². The smallest absolute Gasteiger partial charge is 0.237 e. The van der Waals surface area contributed by atoms with Crippen LogP contribution in [0.4, 0.5) is 0 Å². The number of hydrogen-bond acceptors (Lipinski definition) is 4. The first-order valence-corrected chi connectivity index (χ1v) is 5.43. The lowest BCUT2D eigenvalue weighted by molar-refractivity contribution is -0.119. The highest BCUT2D eigenvalue weighted by molar-refractivity contribution is 5.79. The number of primary amides is 1. The maximum atomic E-state index is 10.8. The molecule has 17 heavy (non-hydrogen) atoms. The molecule has 4 N–H and O–H groups in total. The van der Waals surface area contributed by atoms with E-state index in [2.05, 4.69) is 6.92 Å². The summed E-state index contributed by atoms with van der Waals surface area (Å²) in [6.07, 6.45) is 0.914. The number of aryl methyl sites for hydroxylation is 1. The number of carbonyl (C=O) groups is 1. The Balaban J connectivity index is 2.73. The van der Waals surface area contributed by atoms with Gasteiger partial charge in [0.25, 0.3) is 0 Å². The number of carbonyl (C=O) groups excluding carboxylic acids is 1. The molecule has 0 aliphatic heterocycles. The van der Waals surface area contributed by atoms with Crippen molar-refractivity contribution in [1.82, 2.24) is 0 Å². The van der Waals surface area contributed by atoms with Crippen LogP contribution >= 0.6 is 0 Å². The highest BCUT2D eigenvalue weighted by Crippen LogP contribution is 2.28. The average Bonchev–Trinajstić information content (AvgIpc) is 2.35. The molecule has 1 atom stereocenters.